The molecule has 1 aromatic heterocycles. The fraction of sp³-hybridized carbons (Fsp3) is 0.333. The van der Waals surface area contributed by atoms with Gasteiger partial charge in [0.05, 0.1) is 0 Å². The van der Waals surface area contributed by atoms with Crippen molar-refractivity contribution in [3.63, 3.8) is 0 Å². The minimum Gasteiger partial charge on any atom is -0.484 e. The van der Waals surface area contributed by atoms with Gasteiger partial charge < -0.3 is 14.5 Å². The van der Waals surface area contributed by atoms with E-state index in [1.807, 2.05) is 19.9 Å². The third kappa shape index (κ3) is 4.21. The third-order valence-corrected chi connectivity index (χ3v) is 2.62. The topological polar surface area (TPSA) is 71.1 Å². The first kappa shape index (κ1) is 14.9. The fourth-order valence-corrected chi connectivity index (χ4v) is 1.59. The van der Waals surface area contributed by atoms with E-state index in [4.69, 9.17) is 14.4 Å². The summed E-state index contributed by atoms with van der Waals surface area (Å²) in [6, 6.07) is 7.62. The lowest BCUT2D eigenvalue weighted by atomic mass is 10.2. The molecule has 0 unspecified atom stereocenters. The van der Waals surface area contributed by atoms with Gasteiger partial charge in [-0.25, -0.2) is 4.39 Å². The van der Waals surface area contributed by atoms with Crippen LogP contribution >= 0.6 is 0 Å². The smallest absolute Gasteiger partial charge is 0.236 e. The molecule has 1 aromatic carbocycles. The Bertz CT molecular complexity index is 629. The van der Waals surface area contributed by atoms with E-state index in [-0.39, 0.29) is 18.1 Å². The molecule has 0 aliphatic carbocycles. The minimum atomic E-state index is -0.328. The molecule has 0 fully saturated rings. The summed E-state index contributed by atoms with van der Waals surface area (Å²) in [7, 11) is 0. The third-order valence-electron chi connectivity index (χ3n) is 2.62. The van der Waals surface area contributed by atoms with Crippen LogP contribution in [0.5, 0.6) is 5.75 Å². The number of hydrogen-bond donors (Lipinski definition) is 1. The summed E-state index contributed by atoms with van der Waals surface area (Å²) in [6.45, 7) is 4.85. The Morgan fingerprint density at radius 2 is 2.10 bits per heavy atom. The number of halogens is 1. The summed E-state index contributed by atoms with van der Waals surface area (Å²) in [4.78, 5) is 4.05. The summed E-state index contributed by atoms with van der Waals surface area (Å²) in [5.74, 6) is 1.24. The minimum absolute atomic E-state index is 0.0731. The van der Waals surface area contributed by atoms with Crippen LogP contribution in [-0.2, 0) is 6.61 Å². The Morgan fingerprint density at radius 3 is 2.71 bits per heavy atom. The normalized spacial score (nSPS) is 10.4. The standard InChI is InChI=1S/C15H16FN3O2/c1-10(2)8-18-15-13(7-17)19-14(21-15)9-20-12-5-3-11(16)4-6-12/h3-6,10,18H,8-9H2,1-2H3. The van der Waals surface area contributed by atoms with Crippen LogP contribution in [0.3, 0.4) is 0 Å². The Kier molecular flexibility index (Phi) is 4.77. The molecular weight excluding hydrogens is 273 g/mol. The van der Waals surface area contributed by atoms with Crippen molar-refractivity contribution in [3.8, 4) is 11.8 Å². The monoisotopic (exact) mass is 289 g/mol. The zero-order valence-electron chi connectivity index (χ0n) is 11.9. The van der Waals surface area contributed by atoms with Crippen LogP contribution in [0.25, 0.3) is 0 Å². The van der Waals surface area contributed by atoms with Crippen molar-refractivity contribution in [2.45, 2.75) is 20.5 Å². The van der Waals surface area contributed by atoms with Gasteiger partial charge in [-0.05, 0) is 30.2 Å². The van der Waals surface area contributed by atoms with Gasteiger partial charge in [0.25, 0.3) is 0 Å². The largest absolute Gasteiger partial charge is 0.484 e. The predicted octanol–water partition coefficient (Wildman–Crippen LogP) is 3.33. The zero-order valence-corrected chi connectivity index (χ0v) is 11.9. The lowest BCUT2D eigenvalue weighted by Gasteiger charge is -2.05. The zero-order chi connectivity index (χ0) is 15.2. The van der Waals surface area contributed by atoms with Crippen LogP contribution in [0.2, 0.25) is 0 Å². The van der Waals surface area contributed by atoms with Crippen LogP contribution in [0.15, 0.2) is 28.7 Å². The van der Waals surface area contributed by atoms with Gasteiger partial charge in [0.2, 0.25) is 17.5 Å². The molecule has 0 radical (unpaired) electrons. The first-order chi connectivity index (χ1) is 10.1. The van der Waals surface area contributed by atoms with E-state index >= 15 is 0 Å². The number of ether oxygens (including phenoxy) is 1. The second-order valence-corrected chi connectivity index (χ2v) is 4.91. The molecule has 0 atom stereocenters. The molecule has 0 bridgehead atoms. The van der Waals surface area contributed by atoms with Crippen LogP contribution in [0, 0.1) is 23.1 Å². The maximum Gasteiger partial charge on any atom is 0.236 e. The van der Waals surface area contributed by atoms with Crippen LogP contribution in [0.1, 0.15) is 25.4 Å². The molecule has 1 N–H and O–H groups in total. The predicted molar refractivity (Wildman–Crippen MR) is 75.3 cm³/mol. The summed E-state index contributed by atoms with van der Waals surface area (Å²) in [5, 5.41) is 12.1. The molecule has 6 heteroatoms. The van der Waals surface area contributed by atoms with Gasteiger partial charge in [-0.1, -0.05) is 13.8 Å². The number of benzene rings is 1. The van der Waals surface area contributed by atoms with Crippen molar-refractivity contribution in [2.24, 2.45) is 5.92 Å². The van der Waals surface area contributed by atoms with E-state index in [0.29, 0.717) is 30.0 Å². The summed E-state index contributed by atoms with van der Waals surface area (Å²) >= 11 is 0. The molecule has 0 amide bonds. The highest BCUT2D eigenvalue weighted by Gasteiger charge is 2.13. The van der Waals surface area contributed by atoms with Gasteiger partial charge in [-0.15, -0.1) is 0 Å². The lowest BCUT2D eigenvalue weighted by Crippen LogP contribution is -2.08. The average Bonchev–Trinajstić information content (AvgIpc) is 2.87. The molecular formula is C15H16FN3O2. The van der Waals surface area contributed by atoms with Gasteiger partial charge in [0.15, 0.2) is 6.61 Å². The molecule has 0 saturated heterocycles. The highest BCUT2D eigenvalue weighted by molar-refractivity contribution is 5.45. The lowest BCUT2D eigenvalue weighted by molar-refractivity contribution is 0.264. The number of nitrogens with zero attached hydrogens (tertiary/aromatic N) is 2. The average molecular weight is 289 g/mol. The summed E-state index contributed by atoms with van der Waals surface area (Å²) in [6.07, 6.45) is 0. The highest BCUT2D eigenvalue weighted by Crippen LogP contribution is 2.19. The molecule has 2 rings (SSSR count). The molecule has 21 heavy (non-hydrogen) atoms. The van der Waals surface area contributed by atoms with Crippen molar-refractivity contribution < 1.29 is 13.5 Å². The number of rotatable bonds is 6. The fourth-order valence-electron chi connectivity index (χ4n) is 1.59. The number of aromatic nitrogens is 1. The number of oxazole rings is 1. The van der Waals surface area contributed by atoms with E-state index in [2.05, 4.69) is 10.3 Å². The van der Waals surface area contributed by atoms with Crippen molar-refractivity contribution >= 4 is 5.88 Å². The molecule has 2 aromatic rings. The van der Waals surface area contributed by atoms with Crippen molar-refractivity contribution in [1.82, 2.24) is 4.98 Å². The molecule has 110 valence electrons. The number of nitriles is 1. The Labute approximate surface area is 122 Å². The second-order valence-electron chi connectivity index (χ2n) is 4.91. The first-order valence-electron chi connectivity index (χ1n) is 6.60. The van der Waals surface area contributed by atoms with Gasteiger partial charge in [0, 0.05) is 6.54 Å². The first-order valence-corrected chi connectivity index (χ1v) is 6.60. The van der Waals surface area contributed by atoms with E-state index in [1.165, 1.54) is 24.3 Å². The van der Waals surface area contributed by atoms with Gasteiger partial charge >= 0.3 is 0 Å². The molecule has 1 heterocycles. The summed E-state index contributed by atoms with van der Waals surface area (Å²) < 4.78 is 23.7. The molecule has 0 aliphatic heterocycles. The number of nitrogens with one attached hydrogen (secondary N) is 1. The number of hydrogen-bond acceptors (Lipinski definition) is 5. The van der Waals surface area contributed by atoms with Crippen molar-refractivity contribution in [2.75, 3.05) is 11.9 Å². The van der Waals surface area contributed by atoms with E-state index in [0.717, 1.165) is 0 Å². The van der Waals surface area contributed by atoms with E-state index in [9.17, 15) is 4.39 Å². The highest BCUT2D eigenvalue weighted by atomic mass is 19.1. The molecule has 0 aliphatic rings. The summed E-state index contributed by atoms with van der Waals surface area (Å²) in [5.41, 5.74) is 0.202. The van der Waals surface area contributed by atoms with Gasteiger partial charge in [0.1, 0.15) is 17.6 Å². The Balaban J connectivity index is 2.00. The Morgan fingerprint density at radius 1 is 1.38 bits per heavy atom. The molecule has 5 nitrogen and oxygen atoms in total. The molecule has 0 saturated carbocycles. The Hall–Kier alpha value is -2.55. The van der Waals surface area contributed by atoms with Gasteiger partial charge in [-0.3, -0.25) is 0 Å². The van der Waals surface area contributed by atoms with Crippen molar-refractivity contribution in [1.29, 1.82) is 5.26 Å². The van der Waals surface area contributed by atoms with Crippen molar-refractivity contribution in [3.05, 3.63) is 41.7 Å². The SMILES string of the molecule is CC(C)CNc1oc(COc2ccc(F)cc2)nc1C#N. The van der Waals surface area contributed by atoms with Gasteiger partial charge in [-0.2, -0.15) is 10.2 Å². The van der Waals surface area contributed by atoms with Crippen LogP contribution in [-0.4, -0.2) is 11.5 Å². The quantitative estimate of drug-likeness (QED) is 0.883. The van der Waals surface area contributed by atoms with Crippen LogP contribution in [0.4, 0.5) is 10.3 Å². The van der Waals surface area contributed by atoms with E-state index < -0.39 is 0 Å². The molecule has 0 spiro atoms. The second kappa shape index (κ2) is 6.75. The van der Waals surface area contributed by atoms with E-state index in [1.54, 1.807) is 0 Å². The number of anilines is 1. The maximum atomic E-state index is 12.8. The maximum absolute atomic E-state index is 12.8. The van der Waals surface area contributed by atoms with Crippen LogP contribution < -0.4 is 10.1 Å².